The predicted molar refractivity (Wildman–Crippen MR) is 74.3 cm³/mol. The maximum absolute atomic E-state index is 10.7. The molecule has 2 aromatic heterocycles. The highest BCUT2D eigenvalue weighted by Gasteiger charge is 2.15. The van der Waals surface area contributed by atoms with Gasteiger partial charge in [0.2, 0.25) is 5.82 Å². The van der Waals surface area contributed by atoms with Crippen molar-refractivity contribution in [3.8, 4) is 0 Å². The lowest BCUT2D eigenvalue weighted by Gasteiger charge is -2.17. The molecule has 0 bridgehead atoms. The molecular weight excluding hydrogens is 266 g/mol. The molecule has 7 nitrogen and oxygen atoms in total. The molecule has 0 aliphatic carbocycles. The fourth-order valence-corrected chi connectivity index (χ4v) is 2.43. The third-order valence-corrected chi connectivity index (χ3v) is 3.62. The third-order valence-electron chi connectivity index (χ3n) is 2.70. The molecule has 0 saturated heterocycles. The molecule has 0 aromatic carbocycles. The molecule has 2 heterocycles. The van der Waals surface area contributed by atoms with E-state index in [9.17, 15) is 10.1 Å². The van der Waals surface area contributed by atoms with Gasteiger partial charge in [0.1, 0.15) is 5.82 Å². The van der Waals surface area contributed by atoms with E-state index in [0.29, 0.717) is 12.4 Å². The van der Waals surface area contributed by atoms with Crippen LogP contribution in [0.3, 0.4) is 0 Å². The van der Waals surface area contributed by atoms with Crippen molar-refractivity contribution < 1.29 is 4.92 Å². The van der Waals surface area contributed by atoms with Crippen LogP contribution in [0.4, 0.5) is 17.3 Å². The number of anilines is 2. The highest BCUT2D eigenvalue weighted by atomic mass is 32.1. The van der Waals surface area contributed by atoms with E-state index in [0.717, 1.165) is 10.6 Å². The van der Waals surface area contributed by atoms with E-state index in [1.54, 1.807) is 22.9 Å². The SMILES string of the molecule is Cc1ncsc1CN(C)c1ccc([N+](=O)[O-])c(N)n1. The zero-order valence-electron chi connectivity index (χ0n) is 10.5. The van der Waals surface area contributed by atoms with E-state index in [1.807, 2.05) is 18.9 Å². The number of nitrogens with zero attached hydrogens (tertiary/aromatic N) is 4. The third kappa shape index (κ3) is 2.79. The number of nitro groups is 1. The molecule has 0 radical (unpaired) electrons. The maximum atomic E-state index is 10.7. The lowest BCUT2D eigenvalue weighted by Crippen LogP contribution is -2.18. The molecular formula is C11H13N5O2S. The van der Waals surface area contributed by atoms with Crippen LogP contribution in [0.2, 0.25) is 0 Å². The van der Waals surface area contributed by atoms with Gasteiger partial charge in [-0.15, -0.1) is 11.3 Å². The fraction of sp³-hybridized carbons (Fsp3) is 0.273. The highest BCUT2D eigenvalue weighted by molar-refractivity contribution is 7.09. The monoisotopic (exact) mass is 279 g/mol. The average Bonchev–Trinajstić information content (AvgIpc) is 2.74. The van der Waals surface area contributed by atoms with E-state index >= 15 is 0 Å². The first kappa shape index (κ1) is 13.2. The van der Waals surface area contributed by atoms with Gasteiger partial charge < -0.3 is 10.6 Å². The van der Waals surface area contributed by atoms with E-state index in [-0.39, 0.29) is 11.5 Å². The van der Waals surface area contributed by atoms with Crippen LogP contribution in [-0.2, 0) is 6.54 Å². The van der Waals surface area contributed by atoms with Crippen LogP contribution in [-0.4, -0.2) is 21.9 Å². The molecule has 0 unspecified atom stereocenters. The number of nitrogens with two attached hydrogens (primary N) is 1. The number of hydrogen-bond donors (Lipinski definition) is 1. The van der Waals surface area contributed by atoms with Gasteiger partial charge in [-0.2, -0.15) is 0 Å². The van der Waals surface area contributed by atoms with Crippen molar-refractivity contribution in [2.45, 2.75) is 13.5 Å². The van der Waals surface area contributed by atoms with Gasteiger partial charge in [-0.05, 0) is 13.0 Å². The van der Waals surface area contributed by atoms with Crippen molar-refractivity contribution in [2.75, 3.05) is 17.7 Å². The van der Waals surface area contributed by atoms with Crippen molar-refractivity contribution in [3.05, 3.63) is 38.3 Å². The molecule has 2 rings (SSSR count). The number of aryl methyl sites for hydroxylation is 1. The molecule has 2 aromatic rings. The number of aromatic nitrogens is 2. The summed E-state index contributed by atoms with van der Waals surface area (Å²) >= 11 is 1.56. The minimum absolute atomic E-state index is 0.0737. The largest absolute Gasteiger partial charge is 0.378 e. The van der Waals surface area contributed by atoms with Crippen molar-refractivity contribution in [1.82, 2.24) is 9.97 Å². The zero-order valence-corrected chi connectivity index (χ0v) is 11.3. The Bertz CT molecular complexity index is 613. The van der Waals surface area contributed by atoms with Crippen LogP contribution in [0.5, 0.6) is 0 Å². The quantitative estimate of drug-likeness (QED) is 0.678. The molecule has 19 heavy (non-hydrogen) atoms. The van der Waals surface area contributed by atoms with Crippen LogP contribution in [0, 0.1) is 17.0 Å². The molecule has 0 atom stereocenters. The Labute approximate surface area is 113 Å². The summed E-state index contributed by atoms with van der Waals surface area (Å²) in [5.74, 6) is 0.520. The fourth-order valence-electron chi connectivity index (χ4n) is 1.60. The number of nitrogen functional groups attached to an aromatic ring is 1. The standard InChI is InChI=1S/C11H13N5O2S/c1-7-9(19-6-13-7)5-15(2)10-4-3-8(16(17)18)11(12)14-10/h3-4,6H,5H2,1-2H3,(H2,12,14). The van der Waals surface area contributed by atoms with Crippen LogP contribution >= 0.6 is 11.3 Å². The van der Waals surface area contributed by atoms with Gasteiger partial charge in [-0.1, -0.05) is 0 Å². The first-order chi connectivity index (χ1) is 8.99. The second-order valence-corrected chi connectivity index (χ2v) is 4.99. The molecule has 0 saturated carbocycles. The molecule has 8 heteroatoms. The van der Waals surface area contributed by atoms with Gasteiger partial charge in [-0.25, -0.2) is 9.97 Å². The summed E-state index contributed by atoms with van der Waals surface area (Å²) in [6, 6.07) is 2.96. The minimum Gasteiger partial charge on any atom is -0.378 e. The highest BCUT2D eigenvalue weighted by Crippen LogP contribution is 2.24. The summed E-state index contributed by atoms with van der Waals surface area (Å²) in [7, 11) is 1.85. The van der Waals surface area contributed by atoms with Gasteiger partial charge in [0, 0.05) is 18.0 Å². The number of rotatable bonds is 4. The Morgan fingerprint density at radius 2 is 2.26 bits per heavy atom. The van der Waals surface area contributed by atoms with Crippen LogP contribution in [0.15, 0.2) is 17.6 Å². The first-order valence-corrected chi connectivity index (χ1v) is 6.38. The Morgan fingerprint density at radius 1 is 1.53 bits per heavy atom. The van der Waals surface area contributed by atoms with Crippen molar-refractivity contribution in [2.24, 2.45) is 0 Å². The predicted octanol–water partition coefficient (Wildman–Crippen LogP) is 1.97. The topological polar surface area (TPSA) is 98.2 Å². The summed E-state index contributed by atoms with van der Waals surface area (Å²) in [5.41, 5.74) is 8.17. The Kier molecular flexibility index (Phi) is 3.61. The van der Waals surface area contributed by atoms with Gasteiger partial charge in [0.05, 0.1) is 22.7 Å². The van der Waals surface area contributed by atoms with Gasteiger partial charge in [0.15, 0.2) is 0 Å². The molecule has 0 spiro atoms. The number of thiazole rings is 1. The second-order valence-electron chi connectivity index (χ2n) is 4.05. The van der Waals surface area contributed by atoms with Crippen molar-refractivity contribution in [3.63, 3.8) is 0 Å². The number of hydrogen-bond acceptors (Lipinski definition) is 7. The van der Waals surface area contributed by atoms with Crippen molar-refractivity contribution >= 4 is 28.7 Å². The van der Waals surface area contributed by atoms with Crippen LogP contribution < -0.4 is 10.6 Å². The lowest BCUT2D eigenvalue weighted by molar-refractivity contribution is -0.384. The van der Waals surface area contributed by atoms with Gasteiger partial charge in [-0.3, -0.25) is 10.1 Å². The Morgan fingerprint density at radius 3 is 2.79 bits per heavy atom. The molecule has 100 valence electrons. The second kappa shape index (κ2) is 5.19. The Hall–Kier alpha value is -2.22. The van der Waals surface area contributed by atoms with E-state index < -0.39 is 4.92 Å². The van der Waals surface area contributed by atoms with Crippen LogP contribution in [0.25, 0.3) is 0 Å². The average molecular weight is 279 g/mol. The van der Waals surface area contributed by atoms with Crippen LogP contribution in [0.1, 0.15) is 10.6 Å². The minimum atomic E-state index is -0.542. The molecule has 0 aliphatic heterocycles. The molecule has 2 N–H and O–H groups in total. The zero-order chi connectivity index (χ0) is 14.0. The van der Waals surface area contributed by atoms with Crippen molar-refractivity contribution in [1.29, 1.82) is 0 Å². The first-order valence-electron chi connectivity index (χ1n) is 5.50. The summed E-state index contributed by atoms with van der Waals surface area (Å²) in [6.45, 7) is 2.58. The van der Waals surface area contributed by atoms with Gasteiger partial charge >= 0.3 is 5.69 Å². The summed E-state index contributed by atoms with van der Waals surface area (Å²) in [6.07, 6.45) is 0. The lowest BCUT2D eigenvalue weighted by atomic mass is 10.3. The van der Waals surface area contributed by atoms with E-state index in [4.69, 9.17) is 5.73 Å². The maximum Gasteiger partial charge on any atom is 0.311 e. The normalized spacial score (nSPS) is 10.4. The van der Waals surface area contributed by atoms with Gasteiger partial charge in [0.25, 0.3) is 0 Å². The Balaban J connectivity index is 2.20. The van der Waals surface area contributed by atoms with E-state index in [2.05, 4.69) is 9.97 Å². The summed E-state index contributed by atoms with van der Waals surface area (Å²) in [4.78, 5) is 21.4. The van der Waals surface area contributed by atoms with E-state index in [1.165, 1.54) is 6.07 Å². The molecule has 0 aliphatic rings. The number of pyridine rings is 1. The molecule has 0 amide bonds. The molecule has 0 fully saturated rings. The summed E-state index contributed by atoms with van der Waals surface area (Å²) in [5, 5.41) is 10.7. The smallest absolute Gasteiger partial charge is 0.311 e. The summed E-state index contributed by atoms with van der Waals surface area (Å²) < 4.78 is 0.